The molecular formula is C7H9O4Se2-. The first-order valence-electron chi connectivity index (χ1n) is 3.20. The molecule has 0 aliphatic heterocycles. The fourth-order valence-corrected chi connectivity index (χ4v) is 1.34. The zero-order chi connectivity index (χ0) is 10.6. The molecule has 74 valence electrons. The number of methoxy groups -OCH3 is 1. The molecule has 0 aromatic rings. The Labute approximate surface area is 93.0 Å². The standard InChI is InChI=1S/C7H10O4Se2/c1-10-6(8)4(12)5(13)7(9)11(2)3/h1-3H3,(H-,8,9,12,13)/p-1. The zero-order valence-corrected chi connectivity index (χ0v) is 10.9. The van der Waals surface area contributed by atoms with Crippen molar-refractivity contribution in [2.24, 2.45) is 0 Å². The molecule has 0 bridgehead atoms. The molecule has 0 heterocycles. The zero-order valence-electron chi connectivity index (χ0n) is 7.45. The van der Waals surface area contributed by atoms with Gasteiger partial charge in [-0.05, 0) is 0 Å². The van der Waals surface area contributed by atoms with Crippen molar-refractivity contribution in [3.63, 3.8) is 0 Å². The molecule has 6 heteroatoms. The van der Waals surface area contributed by atoms with E-state index in [0.717, 1.165) is 0 Å². The predicted octanol–water partition coefficient (Wildman–Crippen LogP) is -0.954. The molecule has 0 aliphatic rings. The van der Waals surface area contributed by atoms with Crippen molar-refractivity contribution in [2.45, 2.75) is 0 Å². The summed E-state index contributed by atoms with van der Waals surface area (Å²) in [7, 11) is 4.29. The van der Waals surface area contributed by atoms with E-state index in [-0.39, 0.29) is 14.9 Å². The second kappa shape index (κ2) is 5.45. The van der Waals surface area contributed by atoms with Gasteiger partial charge in [0.2, 0.25) is 0 Å². The minimum absolute atomic E-state index is 0.147. The summed E-state index contributed by atoms with van der Waals surface area (Å²) in [6, 6.07) is 0. The number of ether oxygens (including phenoxy) is 1. The summed E-state index contributed by atoms with van der Waals surface area (Å²) in [5.41, 5.74) is 0. The normalized spacial score (nSPS) is 11.6. The van der Waals surface area contributed by atoms with E-state index < -0.39 is 5.97 Å². The first-order valence-corrected chi connectivity index (χ1v) is 4.91. The van der Waals surface area contributed by atoms with Crippen molar-refractivity contribution in [2.75, 3.05) is 21.3 Å². The molecule has 0 aromatic carbocycles. The fraction of sp³-hybridized carbons (Fsp3) is 0.429. The molecule has 0 N–H and O–H groups in total. The van der Waals surface area contributed by atoms with Crippen molar-refractivity contribution in [3.05, 3.63) is 8.94 Å². The summed E-state index contributed by atoms with van der Waals surface area (Å²) in [4.78, 5) is 22.2. The topological polar surface area (TPSA) is 46.1 Å². The van der Waals surface area contributed by atoms with Gasteiger partial charge in [0.05, 0.1) is 0 Å². The predicted molar refractivity (Wildman–Crippen MR) is 48.5 cm³/mol. The van der Waals surface area contributed by atoms with Crippen LogP contribution in [0.2, 0.25) is 0 Å². The molecule has 0 fully saturated rings. The second-order valence-electron chi connectivity index (χ2n) is 2.25. The Morgan fingerprint density at radius 1 is 1.15 bits per heavy atom. The quantitative estimate of drug-likeness (QED) is 0.286. The fourth-order valence-electron chi connectivity index (χ4n) is 0.463. The third kappa shape index (κ3) is 3.53. The minimum atomic E-state index is -0.565. The Bertz CT molecular complexity index is 257. The molecule has 0 unspecified atom stereocenters. The molecule has 0 rings (SSSR count). The third-order valence-electron chi connectivity index (χ3n) is 1.13. The van der Waals surface area contributed by atoms with E-state index in [9.17, 15) is 9.59 Å². The van der Waals surface area contributed by atoms with Gasteiger partial charge < -0.3 is 0 Å². The van der Waals surface area contributed by atoms with Crippen molar-refractivity contribution in [1.82, 2.24) is 0 Å². The Morgan fingerprint density at radius 2 is 1.62 bits per heavy atom. The average Bonchev–Trinajstić information content (AvgIpc) is 2.12. The average molecular weight is 315 g/mol. The van der Waals surface area contributed by atoms with Gasteiger partial charge in [-0.15, -0.1) is 0 Å². The SMILES string of the molecule is COC(=O)/C([Se-])=C(/[Se-])C(=O)[O+](C)C. The molecule has 0 saturated carbocycles. The number of hydrogen-bond donors (Lipinski definition) is 0. The molecule has 0 saturated heterocycles. The number of esters is 1. The summed E-state index contributed by atoms with van der Waals surface area (Å²) in [5.74, 6) is -0.913. The van der Waals surface area contributed by atoms with E-state index in [0.29, 0.717) is 0 Å². The van der Waals surface area contributed by atoms with Crippen LogP contribution in [0, 0.1) is 0 Å². The molecule has 0 aliphatic carbocycles. The Hall–Kier alpha value is -0.281. The van der Waals surface area contributed by atoms with E-state index in [2.05, 4.69) is 41.1 Å². The monoisotopic (exact) mass is 317 g/mol. The van der Waals surface area contributed by atoms with E-state index in [1.54, 1.807) is 0 Å². The van der Waals surface area contributed by atoms with Crippen LogP contribution in [0.5, 0.6) is 0 Å². The summed E-state index contributed by atoms with van der Waals surface area (Å²) < 4.78 is 6.90. The number of hydrogen-bond acceptors (Lipinski definition) is 3. The molecule has 0 atom stereocenters. The van der Waals surface area contributed by atoms with Gasteiger partial charge in [-0.25, -0.2) is 0 Å². The van der Waals surface area contributed by atoms with Gasteiger partial charge in [-0.2, -0.15) is 0 Å². The number of carbonyl (C=O) groups excluding carboxylic acids is 2. The summed E-state index contributed by atoms with van der Waals surface area (Å²) >= 11 is 4.98. The summed E-state index contributed by atoms with van der Waals surface area (Å²) in [6.07, 6.45) is 0. The van der Waals surface area contributed by atoms with Crippen molar-refractivity contribution >= 4 is 44.0 Å². The van der Waals surface area contributed by atoms with Gasteiger partial charge in [0.1, 0.15) is 0 Å². The molecule has 13 heavy (non-hydrogen) atoms. The van der Waals surface area contributed by atoms with Crippen molar-refractivity contribution in [1.29, 1.82) is 0 Å². The van der Waals surface area contributed by atoms with Gasteiger partial charge in [0.25, 0.3) is 0 Å². The molecule has 0 aromatic heterocycles. The van der Waals surface area contributed by atoms with Gasteiger partial charge in [0.15, 0.2) is 0 Å². The molecule has 0 radical (unpaired) electrons. The van der Waals surface area contributed by atoms with Crippen molar-refractivity contribution in [3.8, 4) is 0 Å². The van der Waals surface area contributed by atoms with Gasteiger partial charge in [-0.3, -0.25) is 0 Å². The maximum absolute atomic E-state index is 11.3. The molecule has 0 spiro atoms. The summed E-state index contributed by atoms with van der Waals surface area (Å²) in [5, 5.41) is 0. The number of carbonyl (C=O) groups is 2. The van der Waals surface area contributed by atoms with Crippen LogP contribution in [-0.4, -0.2) is 65.3 Å². The number of rotatable bonds is 2. The van der Waals surface area contributed by atoms with Crippen LogP contribution in [0.15, 0.2) is 8.94 Å². The summed E-state index contributed by atoms with van der Waals surface area (Å²) in [6.45, 7) is 0. The van der Waals surface area contributed by atoms with Gasteiger partial charge in [0, 0.05) is 0 Å². The van der Waals surface area contributed by atoms with Crippen LogP contribution in [0.4, 0.5) is 0 Å². The van der Waals surface area contributed by atoms with Crippen molar-refractivity contribution < 1.29 is 18.7 Å². The Morgan fingerprint density at radius 3 is 1.92 bits per heavy atom. The first-order chi connectivity index (χ1) is 5.91. The Balaban J connectivity index is 4.81. The van der Waals surface area contributed by atoms with Crippen LogP contribution in [0.3, 0.4) is 0 Å². The van der Waals surface area contributed by atoms with E-state index in [1.165, 1.54) is 21.3 Å². The van der Waals surface area contributed by atoms with Crippen LogP contribution >= 0.6 is 0 Å². The Kier molecular flexibility index (Phi) is 5.33. The van der Waals surface area contributed by atoms with Crippen LogP contribution < -0.4 is 0 Å². The maximum atomic E-state index is 11.3. The van der Waals surface area contributed by atoms with Gasteiger partial charge in [-0.1, -0.05) is 0 Å². The third-order valence-corrected chi connectivity index (χ3v) is 3.34. The molecular weight excluding hydrogens is 306 g/mol. The van der Waals surface area contributed by atoms with Gasteiger partial charge >= 0.3 is 92.9 Å². The molecule has 0 amide bonds. The first kappa shape index (κ1) is 12.7. The second-order valence-corrected chi connectivity index (χ2v) is 3.97. The van der Waals surface area contributed by atoms with Crippen LogP contribution in [0.25, 0.3) is 0 Å². The van der Waals surface area contributed by atoms with E-state index in [1.807, 2.05) is 0 Å². The van der Waals surface area contributed by atoms with E-state index >= 15 is 0 Å². The van der Waals surface area contributed by atoms with Crippen LogP contribution in [0.1, 0.15) is 0 Å². The van der Waals surface area contributed by atoms with E-state index in [4.69, 9.17) is 0 Å². The van der Waals surface area contributed by atoms with Crippen LogP contribution in [-0.2, 0) is 18.7 Å². The molecule has 4 nitrogen and oxygen atoms in total.